The van der Waals surface area contributed by atoms with Crippen molar-refractivity contribution in [2.45, 2.75) is 45.1 Å². The zero-order valence-electron chi connectivity index (χ0n) is 12.1. The van der Waals surface area contributed by atoms with Crippen LogP contribution in [0.2, 0.25) is 0 Å². The highest BCUT2D eigenvalue weighted by molar-refractivity contribution is 5.37. The van der Waals surface area contributed by atoms with Crippen molar-refractivity contribution in [1.29, 1.82) is 0 Å². The van der Waals surface area contributed by atoms with Gasteiger partial charge in [0.15, 0.2) is 0 Å². The van der Waals surface area contributed by atoms with Crippen LogP contribution in [0.1, 0.15) is 49.3 Å². The van der Waals surface area contributed by atoms with Gasteiger partial charge >= 0.3 is 0 Å². The van der Waals surface area contributed by atoms with E-state index in [4.69, 9.17) is 10.5 Å². The molecule has 2 aliphatic rings. The van der Waals surface area contributed by atoms with Crippen LogP contribution in [-0.2, 0) is 0 Å². The van der Waals surface area contributed by atoms with Gasteiger partial charge in [-0.1, -0.05) is 18.6 Å². The maximum atomic E-state index is 6.43. The number of nitrogens with two attached hydrogens (primary N) is 1. The Kier molecular flexibility index (Phi) is 3.53. The van der Waals surface area contributed by atoms with Crippen LogP contribution in [0.15, 0.2) is 18.2 Å². The Hall–Kier alpha value is -1.02. The van der Waals surface area contributed by atoms with Crippen LogP contribution in [0.3, 0.4) is 0 Å². The van der Waals surface area contributed by atoms with Crippen LogP contribution in [0.4, 0.5) is 0 Å². The average molecular weight is 259 g/mol. The SMILES string of the molecule is COc1ccc(C(N)CC2CC3CCC2C3)cc1C. The number of fused-ring (bicyclic) bond motifs is 2. The summed E-state index contributed by atoms with van der Waals surface area (Å²) in [6.45, 7) is 2.09. The molecule has 0 heterocycles. The fourth-order valence-corrected chi connectivity index (χ4v) is 4.26. The number of hydrogen-bond acceptors (Lipinski definition) is 2. The molecule has 2 nitrogen and oxygen atoms in total. The molecule has 2 saturated carbocycles. The molecule has 0 radical (unpaired) electrons. The third kappa shape index (κ3) is 2.51. The summed E-state index contributed by atoms with van der Waals surface area (Å²) in [4.78, 5) is 0. The monoisotopic (exact) mass is 259 g/mol. The third-order valence-corrected chi connectivity index (χ3v) is 5.29. The second-order valence-corrected chi connectivity index (χ2v) is 6.51. The topological polar surface area (TPSA) is 35.2 Å². The van der Waals surface area contributed by atoms with Gasteiger partial charge in [0.2, 0.25) is 0 Å². The lowest BCUT2D eigenvalue weighted by molar-refractivity contribution is 0.296. The van der Waals surface area contributed by atoms with E-state index in [1.807, 2.05) is 6.07 Å². The molecule has 104 valence electrons. The van der Waals surface area contributed by atoms with Crippen molar-refractivity contribution in [3.05, 3.63) is 29.3 Å². The summed E-state index contributed by atoms with van der Waals surface area (Å²) >= 11 is 0. The minimum Gasteiger partial charge on any atom is -0.496 e. The molecular weight excluding hydrogens is 234 g/mol. The van der Waals surface area contributed by atoms with Gasteiger partial charge in [0.1, 0.15) is 5.75 Å². The summed E-state index contributed by atoms with van der Waals surface area (Å²) < 4.78 is 5.31. The molecule has 0 aromatic heterocycles. The van der Waals surface area contributed by atoms with Crippen molar-refractivity contribution >= 4 is 0 Å². The molecule has 1 aromatic carbocycles. The lowest BCUT2D eigenvalue weighted by atomic mass is 9.83. The summed E-state index contributed by atoms with van der Waals surface area (Å²) in [5.41, 5.74) is 8.87. The van der Waals surface area contributed by atoms with Gasteiger partial charge < -0.3 is 10.5 Å². The summed E-state index contributed by atoms with van der Waals surface area (Å²) in [5, 5.41) is 0. The molecule has 19 heavy (non-hydrogen) atoms. The number of rotatable bonds is 4. The lowest BCUT2D eigenvalue weighted by Crippen LogP contribution is -2.19. The molecule has 2 fully saturated rings. The van der Waals surface area contributed by atoms with Crippen LogP contribution in [0, 0.1) is 24.7 Å². The largest absolute Gasteiger partial charge is 0.496 e. The van der Waals surface area contributed by atoms with Gasteiger partial charge in [-0.05, 0) is 67.6 Å². The van der Waals surface area contributed by atoms with E-state index in [2.05, 4.69) is 19.1 Å². The van der Waals surface area contributed by atoms with Gasteiger partial charge in [-0.25, -0.2) is 0 Å². The summed E-state index contributed by atoms with van der Waals surface area (Å²) in [5.74, 6) is 3.81. The van der Waals surface area contributed by atoms with Gasteiger partial charge in [0.25, 0.3) is 0 Å². The van der Waals surface area contributed by atoms with E-state index in [9.17, 15) is 0 Å². The summed E-state index contributed by atoms with van der Waals surface area (Å²) in [6, 6.07) is 6.56. The maximum Gasteiger partial charge on any atom is 0.121 e. The molecule has 0 amide bonds. The van der Waals surface area contributed by atoms with Crippen LogP contribution in [0.5, 0.6) is 5.75 Å². The Bertz CT molecular complexity index is 457. The van der Waals surface area contributed by atoms with Crippen LogP contribution >= 0.6 is 0 Å². The third-order valence-electron chi connectivity index (χ3n) is 5.29. The molecule has 2 aliphatic carbocycles. The van der Waals surface area contributed by atoms with E-state index >= 15 is 0 Å². The van der Waals surface area contributed by atoms with E-state index in [1.165, 1.54) is 36.8 Å². The zero-order chi connectivity index (χ0) is 13.4. The average Bonchev–Trinajstić information content (AvgIpc) is 3.00. The Morgan fingerprint density at radius 1 is 1.32 bits per heavy atom. The number of hydrogen-bond donors (Lipinski definition) is 1. The molecule has 0 saturated heterocycles. The Labute approximate surface area is 116 Å². The van der Waals surface area contributed by atoms with E-state index in [1.54, 1.807) is 7.11 Å². The Morgan fingerprint density at radius 3 is 2.74 bits per heavy atom. The number of ether oxygens (including phenoxy) is 1. The molecular formula is C17H25NO. The van der Waals surface area contributed by atoms with Crippen molar-refractivity contribution in [3.8, 4) is 5.75 Å². The minimum absolute atomic E-state index is 0.189. The second kappa shape index (κ2) is 5.16. The van der Waals surface area contributed by atoms with Crippen LogP contribution in [-0.4, -0.2) is 7.11 Å². The predicted octanol–water partition coefficient (Wildman–Crippen LogP) is 3.83. The van der Waals surface area contributed by atoms with E-state index in [0.29, 0.717) is 0 Å². The first-order valence-electron chi connectivity index (χ1n) is 7.57. The molecule has 4 unspecified atom stereocenters. The molecule has 0 aliphatic heterocycles. The van der Waals surface area contributed by atoms with Crippen LogP contribution in [0.25, 0.3) is 0 Å². The minimum atomic E-state index is 0.189. The zero-order valence-corrected chi connectivity index (χ0v) is 12.1. The first-order chi connectivity index (χ1) is 9.17. The van der Waals surface area contributed by atoms with Crippen molar-refractivity contribution < 1.29 is 4.74 Å². The smallest absolute Gasteiger partial charge is 0.121 e. The Balaban J connectivity index is 1.67. The molecule has 2 N–H and O–H groups in total. The highest BCUT2D eigenvalue weighted by Gasteiger charge is 2.39. The molecule has 3 rings (SSSR count). The van der Waals surface area contributed by atoms with E-state index in [0.717, 1.165) is 29.9 Å². The fourth-order valence-electron chi connectivity index (χ4n) is 4.26. The highest BCUT2D eigenvalue weighted by atomic mass is 16.5. The molecule has 4 atom stereocenters. The lowest BCUT2D eigenvalue weighted by Gasteiger charge is -2.25. The van der Waals surface area contributed by atoms with Crippen molar-refractivity contribution in [2.24, 2.45) is 23.5 Å². The molecule has 2 heteroatoms. The number of benzene rings is 1. The van der Waals surface area contributed by atoms with E-state index in [-0.39, 0.29) is 6.04 Å². The van der Waals surface area contributed by atoms with Gasteiger partial charge in [0.05, 0.1) is 7.11 Å². The molecule has 0 spiro atoms. The number of aryl methyl sites for hydroxylation is 1. The standard InChI is InChI=1S/C17H25NO/c1-11-7-14(5-6-17(11)19-2)16(18)10-15-9-12-3-4-13(15)8-12/h5-7,12-13,15-16H,3-4,8-10,18H2,1-2H3. The fraction of sp³-hybridized carbons (Fsp3) is 0.647. The first kappa shape index (κ1) is 13.0. The van der Waals surface area contributed by atoms with Crippen molar-refractivity contribution in [3.63, 3.8) is 0 Å². The van der Waals surface area contributed by atoms with Gasteiger partial charge in [-0.15, -0.1) is 0 Å². The Morgan fingerprint density at radius 2 is 2.16 bits per heavy atom. The summed E-state index contributed by atoms with van der Waals surface area (Å²) in [7, 11) is 1.72. The quantitative estimate of drug-likeness (QED) is 0.892. The van der Waals surface area contributed by atoms with Crippen molar-refractivity contribution in [2.75, 3.05) is 7.11 Å². The summed E-state index contributed by atoms with van der Waals surface area (Å²) in [6.07, 6.45) is 6.97. The predicted molar refractivity (Wildman–Crippen MR) is 78.2 cm³/mol. The van der Waals surface area contributed by atoms with E-state index < -0.39 is 0 Å². The maximum absolute atomic E-state index is 6.43. The second-order valence-electron chi connectivity index (χ2n) is 6.51. The molecule has 2 bridgehead atoms. The first-order valence-corrected chi connectivity index (χ1v) is 7.57. The van der Waals surface area contributed by atoms with Gasteiger partial charge in [-0.2, -0.15) is 0 Å². The highest BCUT2D eigenvalue weighted by Crippen LogP contribution is 2.50. The van der Waals surface area contributed by atoms with Crippen molar-refractivity contribution in [1.82, 2.24) is 0 Å². The molecule has 1 aromatic rings. The van der Waals surface area contributed by atoms with Crippen LogP contribution < -0.4 is 10.5 Å². The van der Waals surface area contributed by atoms with Gasteiger partial charge in [-0.3, -0.25) is 0 Å². The van der Waals surface area contributed by atoms with Gasteiger partial charge in [0, 0.05) is 6.04 Å². The number of methoxy groups -OCH3 is 1. The normalized spacial score (nSPS) is 30.6.